The second-order valence-corrected chi connectivity index (χ2v) is 2.79. The number of rotatable bonds is 0. The largest absolute Gasteiger partial charge is 2.00 e. The van der Waals surface area contributed by atoms with Crippen molar-refractivity contribution in [2.24, 2.45) is 11.5 Å². The van der Waals surface area contributed by atoms with Crippen molar-refractivity contribution in [1.82, 2.24) is 0 Å². The Kier molecular flexibility index (Phi) is 8.35. The summed E-state index contributed by atoms with van der Waals surface area (Å²) in [6, 6.07) is 0.113. The van der Waals surface area contributed by atoms with E-state index in [4.69, 9.17) is 16.6 Å². The van der Waals surface area contributed by atoms with Crippen LogP contribution in [0, 0.1) is 0 Å². The summed E-state index contributed by atoms with van der Waals surface area (Å²) in [6.07, 6.45) is 2.14. The van der Waals surface area contributed by atoms with E-state index >= 15 is 0 Å². The molecule has 0 aromatic heterocycles. The number of halogens is 1. The minimum absolute atomic E-state index is 0. The summed E-state index contributed by atoms with van der Waals surface area (Å²) in [5.74, 6) is 0. The normalized spacial score (nSPS) is 36.8. The van der Waals surface area contributed by atoms with Gasteiger partial charge in [-0.3, -0.25) is 0 Å². The van der Waals surface area contributed by atoms with Crippen LogP contribution < -0.4 is 23.9 Å². The molecular weight excluding hydrogens is 347 g/mol. The number of hydrogen-bond acceptors (Lipinski definition) is 3. The van der Waals surface area contributed by atoms with Gasteiger partial charge in [0.05, 0.1) is 6.10 Å². The molecule has 0 aliphatic heterocycles. The van der Waals surface area contributed by atoms with Crippen LogP contribution in [0.25, 0.3) is 0 Å². The molecule has 1 aliphatic rings. The van der Waals surface area contributed by atoms with Crippen molar-refractivity contribution in [2.75, 3.05) is 0 Å². The standard InChI is InChI=1S/C6H14N2O.ClH.Pt/c7-5-2-1-4(9)3-6(5)8;;/h4-6,9H,1-3,7-8H2;1H;/q;;+2/p-1. The van der Waals surface area contributed by atoms with Crippen molar-refractivity contribution in [3.8, 4) is 0 Å². The van der Waals surface area contributed by atoms with Crippen LogP contribution in [0.3, 0.4) is 0 Å². The summed E-state index contributed by atoms with van der Waals surface area (Å²) in [5, 5.41) is 9.06. The van der Waals surface area contributed by atoms with E-state index in [-0.39, 0.29) is 51.7 Å². The Hall–Kier alpha value is 0.858. The maximum absolute atomic E-state index is 9.06. The van der Waals surface area contributed by atoms with Gasteiger partial charge in [-0.2, -0.15) is 0 Å². The zero-order valence-electron chi connectivity index (χ0n) is 6.15. The molecule has 0 bridgehead atoms. The number of nitrogens with two attached hydrogens (primary N) is 2. The molecule has 5 heteroatoms. The molecule has 3 nitrogen and oxygen atoms in total. The van der Waals surface area contributed by atoms with Gasteiger partial charge in [0.1, 0.15) is 0 Å². The fourth-order valence-corrected chi connectivity index (χ4v) is 1.21. The number of hydrogen-bond donors (Lipinski definition) is 3. The molecular formula is C6H14ClN2OPt+. The van der Waals surface area contributed by atoms with Gasteiger partial charge in [-0.1, -0.05) is 0 Å². The number of aliphatic hydroxyl groups excluding tert-OH is 1. The molecule has 3 atom stereocenters. The molecule has 1 fully saturated rings. The van der Waals surface area contributed by atoms with Gasteiger partial charge in [-0.15, -0.1) is 0 Å². The van der Waals surface area contributed by atoms with Crippen LogP contribution >= 0.6 is 0 Å². The summed E-state index contributed by atoms with van der Waals surface area (Å²) >= 11 is 0. The van der Waals surface area contributed by atoms with Crippen LogP contribution in [0.2, 0.25) is 0 Å². The Morgan fingerprint density at radius 1 is 1.09 bits per heavy atom. The van der Waals surface area contributed by atoms with Gasteiger partial charge in [0.2, 0.25) is 0 Å². The first-order valence-electron chi connectivity index (χ1n) is 3.39. The van der Waals surface area contributed by atoms with E-state index < -0.39 is 0 Å². The van der Waals surface area contributed by atoms with Crippen molar-refractivity contribution in [3.05, 3.63) is 0 Å². The van der Waals surface area contributed by atoms with E-state index in [1.54, 1.807) is 0 Å². The fourth-order valence-electron chi connectivity index (χ4n) is 1.21. The van der Waals surface area contributed by atoms with Crippen LogP contribution in [0.5, 0.6) is 0 Å². The van der Waals surface area contributed by atoms with Gasteiger partial charge < -0.3 is 29.0 Å². The Morgan fingerprint density at radius 2 is 1.64 bits per heavy atom. The second-order valence-electron chi connectivity index (χ2n) is 2.79. The molecule has 0 radical (unpaired) electrons. The summed E-state index contributed by atoms with van der Waals surface area (Å²) in [5.41, 5.74) is 11.2. The molecule has 3 unspecified atom stereocenters. The van der Waals surface area contributed by atoms with Crippen LogP contribution in [0.15, 0.2) is 0 Å². The van der Waals surface area contributed by atoms with Gasteiger partial charge in [-0.25, -0.2) is 0 Å². The van der Waals surface area contributed by atoms with E-state index in [0.717, 1.165) is 12.8 Å². The van der Waals surface area contributed by atoms with Crippen LogP contribution in [0.4, 0.5) is 0 Å². The monoisotopic (exact) mass is 360 g/mol. The molecule has 0 saturated heterocycles. The molecule has 11 heavy (non-hydrogen) atoms. The predicted molar refractivity (Wildman–Crippen MR) is 35.8 cm³/mol. The van der Waals surface area contributed by atoms with Crippen molar-refractivity contribution < 1.29 is 38.6 Å². The minimum atomic E-state index is -0.209. The van der Waals surface area contributed by atoms with E-state index in [1.165, 1.54) is 0 Å². The first-order chi connectivity index (χ1) is 4.20. The quantitative estimate of drug-likeness (QED) is 0.415. The molecule has 0 heterocycles. The summed E-state index contributed by atoms with van der Waals surface area (Å²) in [4.78, 5) is 0. The third kappa shape index (κ3) is 4.44. The molecule has 1 rings (SSSR count). The maximum Gasteiger partial charge on any atom is 2.00 e. The zero-order chi connectivity index (χ0) is 6.85. The van der Waals surface area contributed by atoms with Crippen molar-refractivity contribution in [3.63, 3.8) is 0 Å². The first-order valence-corrected chi connectivity index (χ1v) is 3.39. The molecule has 0 aromatic carbocycles. The molecule has 70 valence electrons. The van der Waals surface area contributed by atoms with E-state index in [9.17, 15) is 0 Å². The molecule has 1 saturated carbocycles. The van der Waals surface area contributed by atoms with Crippen LogP contribution in [-0.4, -0.2) is 23.3 Å². The molecule has 5 N–H and O–H groups in total. The summed E-state index contributed by atoms with van der Waals surface area (Å²) in [7, 11) is 0. The molecule has 1 aliphatic carbocycles. The van der Waals surface area contributed by atoms with Gasteiger partial charge in [-0.05, 0) is 19.3 Å². The third-order valence-electron chi connectivity index (χ3n) is 1.93. The van der Waals surface area contributed by atoms with Crippen molar-refractivity contribution in [2.45, 2.75) is 37.5 Å². The Bertz CT molecular complexity index is 107. The van der Waals surface area contributed by atoms with E-state index in [1.807, 2.05) is 0 Å². The van der Waals surface area contributed by atoms with Gasteiger partial charge in [0, 0.05) is 12.1 Å². The van der Waals surface area contributed by atoms with Gasteiger partial charge >= 0.3 is 21.1 Å². The smallest absolute Gasteiger partial charge is 1.00 e. The Morgan fingerprint density at radius 3 is 2.00 bits per heavy atom. The van der Waals surface area contributed by atoms with Crippen LogP contribution in [-0.2, 0) is 21.1 Å². The molecule has 0 spiro atoms. The third-order valence-corrected chi connectivity index (χ3v) is 1.93. The van der Waals surface area contributed by atoms with Gasteiger partial charge in [0.15, 0.2) is 0 Å². The van der Waals surface area contributed by atoms with Crippen LogP contribution in [0.1, 0.15) is 19.3 Å². The summed E-state index contributed by atoms with van der Waals surface area (Å²) in [6.45, 7) is 0. The average Bonchev–Trinajstić information content (AvgIpc) is 1.80. The second kappa shape index (κ2) is 6.38. The number of aliphatic hydroxyl groups is 1. The minimum Gasteiger partial charge on any atom is -1.00 e. The summed E-state index contributed by atoms with van der Waals surface area (Å²) < 4.78 is 0. The fraction of sp³-hybridized carbons (Fsp3) is 1.00. The van der Waals surface area contributed by atoms with Gasteiger partial charge in [0.25, 0.3) is 0 Å². The van der Waals surface area contributed by atoms with E-state index in [2.05, 4.69) is 0 Å². The molecule has 0 aromatic rings. The van der Waals surface area contributed by atoms with E-state index in [0.29, 0.717) is 6.42 Å². The Balaban J connectivity index is 0. The molecule has 0 amide bonds. The zero-order valence-corrected chi connectivity index (χ0v) is 9.18. The Labute approximate surface area is 87.6 Å². The van der Waals surface area contributed by atoms with Crippen molar-refractivity contribution >= 4 is 0 Å². The topological polar surface area (TPSA) is 72.3 Å². The first kappa shape index (κ1) is 14.4. The maximum atomic E-state index is 9.06. The average molecular weight is 361 g/mol. The van der Waals surface area contributed by atoms with Crippen molar-refractivity contribution in [1.29, 1.82) is 0 Å². The predicted octanol–water partition coefficient (Wildman–Crippen LogP) is -3.81. The SMILES string of the molecule is NC1CCC(O)CC1N.[Cl-].[Pt+2].